The van der Waals surface area contributed by atoms with Crippen LogP contribution in [0.5, 0.6) is 0 Å². The van der Waals surface area contributed by atoms with Gasteiger partial charge in [-0.3, -0.25) is 0 Å². The summed E-state index contributed by atoms with van der Waals surface area (Å²) in [5.74, 6) is 0.354. The van der Waals surface area contributed by atoms with Crippen molar-refractivity contribution in [3.63, 3.8) is 0 Å². The molecule has 1 aromatic carbocycles. The predicted molar refractivity (Wildman–Crippen MR) is 72.1 cm³/mol. The summed E-state index contributed by atoms with van der Waals surface area (Å²) in [5.41, 5.74) is 1.56. The molecule has 1 aliphatic carbocycles. The van der Waals surface area contributed by atoms with E-state index in [0.29, 0.717) is 5.92 Å². The van der Waals surface area contributed by atoms with E-state index in [1.165, 1.54) is 0 Å². The minimum absolute atomic E-state index is 0.354. The second-order valence-electron chi connectivity index (χ2n) is 5.19. The van der Waals surface area contributed by atoms with Gasteiger partial charge in [0, 0.05) is 17.8 Å². The lowest BCUT2D eigenvalue weighted by Crippen LogP contribution is -2.29. The standard InChI is InChI=1S/C15H23NO/c1-3-11-16-14-9-5-4-8-13(14)15(17)10-6-7-12(15)2/h4-5,8-9,12,16-17H,3,6-7,10-11H2,1-2H3/t12-,15-/m1/s1. The topological polar surface area (TPSA) is 32.3 Å². The molecule has 1 aromatic rings. The Morgan fingerprint density at radius 2 is 2.18 bits per heavy atom. The van der Waals surface area contributed by atoms with Crippen molar-refractivity contribution < 1.29 is 5.11 Å². The van der Waals surface area contributed by atoms with E-state index in [0.717, 1.165) is 43.5 Å². The van der Waals surface area contributed by atoms with E-state index in [1.54, 1.807) is 0 Å². The van der Waals surface area contributed by atoms with Gasteiger partial charge in [0.2, 0.25) is 0 Å². The number of anilines is 1. The molecule has 17 heavy (non-hydrogen) atoms. The predicted octanol–water partition coefficient (Wildman–Crippen LogP) is 3.52. The summed E-state index contributed by atoms with van der Waals surface area (Å²) in [6.45, 7) is 5.27. The van der Waals surface area contributed by atoms with E-state index in [1.807, 2.05) is 12.1 Å². The van der Waals surface area contributed by atoms with Crippen LogP contribution in [0.1, 0.15) is 45.1 Å². The lowest BCUT2D eigenvalue weighted by atomic mass is 9.84. The fourth-order valence-corrected chi connectivity index (χ4v) is 2.84. The second-order valence-corrected chi connectivity index (χ2v) is 5.19. The van der Waals surface area contributed by atoms with E-state index >= 15 is 0 Å². The zero-order valence-electron chi connectivity index (χ0n) is 10.9. The summed E-state index contributed by atoms with van der Waals surface area (Å²) in [7, 11) is 0. The molecule has 0 amide bonds. The monoisotopic (exact) mass is 233 g/mol. The number of hydrogen-bond acceptors (Lipinski definition) is 2. The minimum Gasteiger partial charge on any atom is -0.385 e. The maximum absolute atomic E-state index is 10.9. The maximum atomic E-state index is 10.9. The zero-order chi connectivity index (χ0) is 12.3. The van der Waals surface area contributed by atoms with Crippen molar-refractivity contribution in [1.82, 2.24) is 0 Å². The number of aliphatic hydroxyl groups is 1. The van der Waals surface area contributed by atoms with Crippen molar-refractivity contribution in [2.45, 2.75) is 45.1 Å². The summed E-state index contributed by atoms with van der Waals surface area (Å²) in [6.07, 6.45) is 4.24. The second kappa shape index (κ2) is 5.09. The number of nitrogens with one attached hydrogen (secondary N) is 1. The summed E-state index contributed by atoms with van der Waals surface area (Å²) in [4.78, 5) is 0. The van der Waals surface area contributed by atoms with Gasteiger partial charge in [0.05, 0.1) is 5.60 Å². The quantitative estimate of drug-likeness (QED) is 0.834. The molecular formula is C15H23NO. The van der Waals surface area contributed by atoms with Crippen LogP contribution < -0.4 is 5.32 Å². The van der Waals surface area contributed by atoms with Crippen molar-refractivity contribution in [1.29, 1.82) is 0 Å². The molecule has 0 radical (unpaired) electrons. The van der Waals surface area contributed by atoms with E-state index in [4.69, 9.17) is 0 Å². The Labute approximate surface area is 104 Å². The van der Waals surface area contributed by atoms with Crippen LogP contribution in [0.4, 0.5) is 5.69 Å². The summed E-state index contributed by atoms with van der Waals surface area (Å²) in [6, 6.07) is 8.20. The molecule has 0 bridgehead atoms. The van der Waals surface area contributed by atoms with Crippen LogP contribution in [0.15, 0.2) is 24.3 Å². The molecule has 0 spiro atoms. The number of rotatable bonds is 4. The van der Waals surface area contributed by atoms with Crippen molar-refractivity contribution >= 4 is 5.69 Å². The lowest BCUT2D eigenvalue weighted by Gasteiger charge is -2.30. The number of benzene rings is 1. The summed E-state index contributed by atoms with van der Waals surface area (Å²) >= 11 is 0. The SMILES string of the molecule is CCCNc1ccccc1[C@@]1(O)CCC[C@H]1C. The average Bonchev–Trinajstić information content (AvgIpc) is 2.68. The molecule has 0 aromatic heterocycles. The van der Waals surface area contributed by atoms with Gasteiger partial charge in [-0.1, -0.05) is 32.0 Å². The third kappa shape index (κ3) is 2.32. The number of para-hydroxylation sites is 1. The smallest absolute Gasteiger partial charge is 0.0941 e. The van der Waals surface area contributed by atoms with E-state index in [2.05, 4.69) is 31.3 Å². The molecule has 2 heteroatoms. The zero-order valence-corrected chi connectivity index (χ0v) is 10.9. The fraction of sp³-hybridized carbons (Fsp3) is 0.600. The van der Waals surface area contributed by atoms with Crippen molar-refractivity contribution in [2.24, 2.45) is 5.92 Å². The van der Waals surface area contributed by atoms with Crippen LogP contribution in [-0.4, -0.2) is 11.7 Å². The van der Waals surface area contributed by atoms with Crippen LogP contribution >= 0.6 is 0 Å². The molecule has 1 fully saturated rings. The molecule has 0 heterocycles. The van der Waals surface area contributed by atoms with Crippen molar-refractivity contribution in [2.75, 3.05) is 11.9 Å². The Morgan fingerprint density at radius 1 is 1.41 bits per heavy atom. The van der Waals surface area contributed by atoms with Crippen LogP contribution in [0.25, 0.3) is 0 Å². The highest BCUT2D eigenvalue weighted by Crippen LogP contribution is 2.45. The molecule has 94 valence electrons. The highest BCUT2D eigenvalue weighted by molar-refractivity contribution is 5.54. The van der Waals surface area contributed by atoms with Gasteiger partial charge in [0.15, 0.2) is 0 Å². The Bertz CT molecular complexity index is 377. The van der Waals surface area contributed by atoms with Gasteiger partial charge in [-0.05, 0) is 37.7 Å². The van der Waals surface area contributed by atoms with Crippen LogP contribution in [0.3, 0.4) is 0 Å². The molecule has 2 rings (SSSR count). The molecule has 0 aliphatic heterocycles. The Hall–Kier alpha value is -1.02. The molecule has 2 atom stereocenters. The van der Waals surface area contributed by atoms with Gasteiger partial charge in [0.25, 0.3) is 0 Å². The third-order valence-corrected chi connectivity index (χ3v) is 3.97. The largest absolute Gasteiger partial charge is 0.385 e. The molecule has 2 N–H and O–H groups in total. The lowest BCUT2D eigenvalue weighted by molar-refractivity contribution is 0.00516. The van der Waals surface area contributed by atoms with Gasteiger partial charge in [0.1, 0.15) is 0 Å². The number of hydrogen-bond donors (Lipinski definition) is 2. The highest BCUT2D eigenvalue weighted by atomic mass is 16.3. The highest BCUT2D eigenvalue weighted by Gasteiger charge is 2.40. The van der Waals surface area contributed by atoms with Crippen LogP contribution in [0.2, 0.25) is 0 Å². The van der Waals surface area contributed by atoms with Gasteiger partial charge >= 0.3 is 0 Å². The summed E-state index contributed by atoms with van der Waals surface area (Å²) < 4.78 is 0. The van der Waals surface area contributed by atoms with E-state index in [-0.39, 0.29) is 0 Å². The molecule has 1 aliphatic rings. The first kappa shape index (κ1) is 12.4. The molecular weight excluding hydrogens is 210 g/mol. The normalized spacial score (nSPS) is 28.3. The fourth-order valence-electron chi connectivity index (χ4n) is 2.84. The van der Waals surface area contributed by atoms with Crippen molar-refractivity contribution in [3.8, 4) is 0 Å². The van der Waals surface area contributed by atoms with Crippen LogP contribution in [-0.2, 0) is 5.60 Å². The molecule has 0 unspecified atom stereocenters. The van der Waals surface area contributed by atoms with Gasteiger partial charge in [-0.25, -0.2) is 0 Å². The first-order chi connectivity index (χ1) is 8.18. The molecule has 2 nitrogen and oxygen atoms in total. The van der Waals surface area contributed by atoms with Gasteiger partial charge in [-0.15, -0.1) is 0 Å². The molecule has 1 saturated carbocycles. The maximum Gasteiger partial charge on any atom is 0.0941 e. The Morgan fingerprint density at radius 3 is 2.82 bits per heavy atom. The third-order valence-electron chi connectivity index (χ3n) is 3.97. The van der Waals surface area contributed by atoms with Gasteiger partial charge < -0.3 is 10.4 Å². The van der Waals surface area contributed by atoms with Crippen LogP contribution in [0, 0.1) is 5.92 Å². The van der Waals surface area contributed by atoms with E-state index in [9.17, 15) is 5.11 Å². The summed E-state index contributed by atoms with van der Waals surface area (Å²) in [5, 5.41) is 14.3. The first-order valence-electron chi connectivity index (χ1n) is 6.74. The first-order valence-corrected chi connectivity index (χ1v) is 6.74. The average molecular weight is 233 g/mol. The Kier molecular flexibility index (Phi) is 3.72. The van der Waals surface area contributed by atoms with E-state index < -0.39 is 5.60 Å². The van der Waals surface area contributed by atoms with Crippen molar-refractivity contribution in [3.05, 3.63) is 29.8 Å². The van der Waals surface area contributed by atoms with Gasteiger partial charge in [-0.2, -0.15) is 0 Å². The Balaban J connectivity index is 2.30. The molecule has 0 saturated heterocycles. The minimum atomic E-state index is -0.628.